The Kier molecular flexibility index (Phi) is 5.46. The molecule has 4 aromatic rings. The summed E-state index contributed by atoms with van der Waals surface area (Å²) < 4.78 is 0. The molecular formula is C25H23N3O2. The number of aromatic amines is 1. The van der Waals surface area contributed by atoms with Gasteiger partial charge in [-0.15, -0.1) is 0 Å². The Bertz CT molecular complexity index is 1010. The van der Waals surface area contributed by atoms with E-state index in [0.717, 1.165) is 16.7 Å². The highest BCUT2D eigenvalue weighted by Crippen LogP contribution is 2.43. The zero-order valence-corrected chi connectivity index (χ0v) is 16.9. The van der Waals surface area contributed by atoms with Crippen LogP contribution in [0, 0.1) is 0 Å². The van der Waals surface area contributed by atoms with Crippen LogP contribution in [-0.4, -0.2) is 35.1 Å². The second-order valence-electron chi connectivity index (χ2n) is 6.98. The zero-order chi connectivity index (χ0) is 21.0. The molecule has 30 heavy (non-hydrogen) atoms. The Morgan fingerprint density at radius 3 is 1.67 bits per heavy atom. The molecule has 1 amide bonds. The predicted octanol–water partition coefficient (Wildman–Crippen LogP) is 4.43. The molecule has 1 aromatic heterocycles. The van der Waals surface area contributed by atoms with E-state index in [0.29, 0.717) is 11.5 Å². The SMILES string of the molecule is CON(C)C(=O)c1cnc(C(c2ccccc2)(c2ccccc2)c2ccccc2)[nH]1. The van der Waals surface area contributed by atoms with Crippen LogP contribution in [0.3, 0.4) is 0 Å². The lowest BCUT2D eigenvalue weighted by Gasteiger charge is -2.34. The summed E-state index contributed by atoms with van der Waals surface area (Å²) in [6.45, 7) is 0. The summed E-state index contributed by atoms with van der Waals surface area (Å²) in [5.74, 6) is 0.373. The number of hydroxylamine groups is 2. The fourth-order valence-corrected chi connectivity index (χ4v) is 3.85. The van der Waals surface area contributed by atoms with Crippen molar-refractivity contribution in [3.63, 3.8) is 0 Å². The van der Waals surface area contributed by atoms with E-state index in [2.05, 4.69) is 41.4 Å². The average Bonchev–Trinajstić information content (AvgIpc) is 3.31. The van der Waals surface area contributed by atoms with Gasteiger partial charge in [-0.1, -0.05) is 91.0 Å². The van der Waals surface area contributed by atoms with Crippen molar-refractivity contribution in [1.82, 2.24) is 15.0 Å². The number of nitrogens with one attached hydrogen (secondary N) is 1. The molecule has 0 aliphatic heterocycles. The van der Waals surface area contributed by atoms with Crippen molar-refractivity contribution in [2.24, 2.45) is 0 Å². The van der Waals surface area contributed by atoms with Gasteiger partial charge in [0.05, 0.1) is 13.3 Å². The number of amides is 1. The van der Waals surface area contributed by atoms with Gasteiger partial charge in [-0.3, -0.25) is 9.63 Å². The summed E-state index contributed by atoms with van der Waals surface area (Å²) >= 11 is 0. The van der Waals surface area contributed by atoms with E-state index >= 15 is 0 Å². The molecule has 150 valence electrons. The van der Waals surface area contributed by atoms with Crippen molar-refractivity contribution < 1.29 is 9.63 Å². The highest BCUT2D eigenvalue weighted by molar-refractivity contribution is 5.91. The van der Waals surface area contributed by atoms with Gasteiger partial charge in [-0.25, -0.2) is 10.0 Å². The number of imidazole rings is 1. The van der Waals surface area contributed by atoms with Gasteiger partial charge < -0.3 is 4.98 Å². The zero-order valence-electron chi connectivity index (χ0n) is 16.9. The van der Waals surface area contributed by atoms with Crippen molar-refractivity contribution >= 4 is 5.91 Å². The van der Waals surface area contributed by atoms with Crippen LogP contribution in [0.15, 0.2) is 97.2 Å². The van der Waals surface area contributed by atoms with Crippen LogP contribution in [0.5, 0.6) is 0 Å². The van der Waals surface area contributed by atoms with Crippen LogP contribution in [0.2, 0.25) is 0 Å². The summed E-state index contributed by atoms with van der Waals surface area (Å²) in [7, 11) is 3.03. The van der Waals surface area contributed by atoms with E-state index in [9.17, 15) is 4.79 Å². The molecule has 3 aromatic carbocycles. The third-order valence-corrected chi connectivity index (χ3v) is 5.34. The molecule has 4 rings (SSSR count). The molecular weight excluding hydrogens is 374 g/mol. The van der Waals surface area contributed by atoms with Gasteiger partial charge in [0.1, 0.15) is 16.9 Å². The third-order valence-electron chi connectivity index (χ3n) is 5.34. The van der Waals surface area contributed by atoms with Crippen LogP contribution in [-0.2, 0) is 10.3 Å². The average molecular weight is 397 g/mol. The van der Waals surface area contributed by atoms with E-state index in [1.165, 1.54) is 12.2 Å². The molecule has 0 saturated carbocycles. The van der Waals surface area contributed by atoms with Gasteiger partial charge in [0.2, 0.25) is 0 Å². The largest absolute Gasteiger partial charge is 0.337 e. The molecule has 5 nitrogen and oxygen atoms in total. The highest BCUT2D eigenvalue weighted by Gasteiger charge is 2.41. The summed E-state index contributed by atoms with van der Waals surface area (Å²) in [5.41, 5.74) is 2.80. The number of carbonyl (C=O) groups excluding carboxylic acids is 1. The van der Waals surface area contributed by atoms with Crippen LogP contribution in [0.1, 0.15) is 33.0 Å². The van der Waals surface area contributed by atoms with Gasteiger partial charge in [0.25, 0.3) is 5.91 Å². The number of benzene rings is 3. The Morgan fingerprint density at radius 2 is 1.27 bits per heavy atom. The van der Waals surface area contributed by atoms with E-state index in [4.69, 9.17) is 9.82 Å². The molecule has 0 spiro atoms. The molecule has 1 N–H and O–H groups in total. The van der Waals surface area contributed by atoms with Crippen LogP contribution < -0.4 is 0 Å². The fourth-order valence-electron chi connectivity index (χ4n) is 3.85. The van der Waals surface area contributed by atoms with Crippen molar-refractivity contribution in [3.05, 3.63) is 125 Å². The first-order valence-corrected chi connectivity index (χ1v) is 9.72. The minimum atomic E-state index is -0.714. The maximum Gasteiger partial charge on any atom is 0.295 e. The number of carbonyl (C=O) groups is 1. The minimum Gasteiger partial charge on any atom is -0.337 e. The molecule has 0 unspecified atom stereocenters. The van der Waals surface area contributed by atoms with Crippen molar-refractivity contribution in [2.75, 3.05) is 14.2 Å². The topological polar surface area (TPSA) is 58.2 Å². The predicted molar refractivity (Wildman–Crippen MR) is 116 cm³/mol. The second-order valence-corrected chi connectivity index (χ2v) is 6.98. The van der Waals surface area contributed by atoms with Gasteiger partial charge in [0, 0.05) is 7.05 Å². The lowest BCUT2D eigenvalue weighted by molar-refractivity contribution is -0.0760. The lowest BCUT2D eigenvalue weighted by Crippen LogP contribution is -2.32. The number of hydrogen-bond acceptors (Lipinski definition) is 3. The quantitative estimate of drug-likeness (QED) is 0.387. The molecule has 0 aliphatic rings. The first-order chi connectivity index (χ1) is 14.7. The van der Waals surface area contributed by atoms with Crippen LogP contribution in [0.25, 0.3) is 0 Å². The monoisotopic (exact) mass is 397 g/mol. The lowest BCUT2D eigenvalue weighted by atomic mass is 9.69. The van der Waals surface area contributed by atoms with Gasteiger partial charge in [-0.05, 0) is 16.7 Å². The van der Waals surface area contributed by atoms with E-state index in [-0.39, 0.29) is 5.91 Å². The molecule has 0 radical (unpaired) electrons. The van der Waals surface area contributed by atoms with E-state index in [1.54, 1.807) is 13.2 Å². The minimum absolute atomic E-state index is 0.292. The molecule has 0 saturated heterocycles. The Labute approximate surface area is 175 Å². The maximum absolute atomic E-state index is 12.7. The standard InChI is InChI=1S/C25H23N3O2/c1-28(30-2)23(29)22-18-26-24(27-22)25(19-12-6-3-7-13-19,20-14-8-4-9-15-20)21-16-10-5-11-17-21/h3-18H,1-2H3,(H,26,27). The molecule has 0 atom stereocenters. The summed E-state index contributed by atoms with van der Waals surface area (Å²) in [6.07, 6.45) is 1.57. The fraction of sp³-hybridized carbons (Fsp3) is 0.120. The number of aromatic nitrogens is 2. The molecule has 0 fully saturated rings. The molecule has 0 aliphatic carbocycles. The summed E-state index contributed by atoms with van der Waals surface area (Å²) in [5, 5.41) is 1.17. The van der Waals surface area contributed by atoms with Crippen LogP contribution >= 0.6 is 0 Å². The van der Waals surface area contributed by atoms with E-state index < -0.39 is 5.41 Å². The van der Waals surface area contributed by atoms with Gasteiger partial charge >= 0.3 is 0 Å². The molecule has 1 heterocycles. The van der Waals surface area contributed by atoms with Gasteiger partial charge in [0.15, 0.2) is 0 Å². The Balaban J connectivity index is 2.02. The Morgan fingerprint density at radius 1 is 0.833 bits per heavy atom. The highest BCUT2D eigenvalue weighted by atomic mass is 16.7. The summed E-state index contributed by atoms with van der Waals surface area (Å²) in [6, 6.07) is 30.6. The number of rotatable bonds is 6. The second kappa shape index (κ2) is 8.35. The number of hydrogen-bond donors (Lipinski definition) is 1. The van der Waals surface area contributed by atoms with Gasteiger partial charge in [-0.2, -0.15) is 0 Å². The number of nitrogens with zero attached hydrogens (tertiary/aromatic N) is 2. The first-order valence-electron chi connectivity index (χ1n) is 9.72. The van der Waals surface area contributed by atoms with E-state index in [1.807, 2.05) is 54.6 Å². The van der Waals surface area contributed by atoms with Crippen LogP contribution in [0.4, 0.5) is 0 Å². The maximum atomic E-state index is 12.7. The normalized spacial score (nSPS) is 11.3. The van der Waals surface area contributed by atoms with Crippen molar-refractivity contribution in [3.8, 4) is 0 Å². The molecule has 0 bridgehead atoms. The summed E-state index contributed by atoms with van der Waals surface area (Å²) in [4.78, 5) is 25.7. The molecule has 5 heteroatoms. The van der Waals surface area contributed by atoms with Crippen molar-refractivity contribution in [2.45, 2.75) is 5.41 Å². The Hall–Kier alpha value is -3.70. The van der Waals surface area contributed by atoms with Crippen molar-refractivity contribution in [1.29, 1.82) is 0 Å². The number of H-pyrrole nitrogens is 1. The first kappa shape index (κ1) is 19.6. The smallest absolute Gasteiger partial charge is 0.295 e. The third kappa shape index (κ3) is 3.29.